The number of rotatable bonds is 2. The molecule has 1 N–H and O–H groups in total. The number of aryl methyl sites for hydroxylation is 4. The summed E-state index contributed by atoms with van der Waals surface area (Å²) in [5, 5.41) is 0. The van der Waals surface area contributed by atoms with E-state index in [0.29, 0.717) is 26.2 Å². The van der Waals surface area contributed by atoms with Crippen LogP contribution in [0, 0.1) is 27.7 Å². The van der Waals surface area contributed by atoms with Crippen molar-refractivity contribution in [3.8, 4) is 0 Å². The van der Waals surface area contributed by atoms with E-state index in [4.69, 9.17) is 0 Å². The second-order valence-corrected chi connectivity index (χ2v) is 6.87. The summed E-state index contributed by atoms with van der Waals surface area (Å²) >= 11 is 0. The van der Waals surface area contributed by atoms with Gasteiger partial charge in [0.1, 0.15) is 0 Å². The number of aromatic amines is 1. The van der Waals surface area contributed by atoms with Crippen molar-refractivity contribution in [1.82, 2.24) is 14.8 Å². The molecule has 0 atom stereocenters. The molecule has 1 saturated heterocycles. The van der Waals surface area contributed by atoms with Gasteiger partial charge >= 0.3 is 0 Å². The highest BCUT2D eigenvalue weighted by Crippen LogP contribution is 2.16. The minimum atomic E-state index is 0.0418. The second-order valence-electron chi connectivity index (χ2n) is 6.87. The molecule has 0 bridgehead atoms. The Morgan fingerprint density at radius 3 is 1.96 bits per heavy atom. The molecule has 0 unspecified atom stereocenters. The summed E-state index contributed by atoms with van der Waals surface area (Å²) in [5.74, 6) is 0.0870. The standard InChI is InChI=1S/C20H25N3O2/c1-13-5-6-17(11-14(13)2)19(24)22-7-9-23(10-8-22)20(25)18-12-15(3)21-16(18)4/h5-6,11-12,21H,7-10H2,1-4H3. The molecule has 5 nitrogen and oxygen atoms in total. The van der Waals surface area contributed by atoms with Gasteiger partial charge in [0, 0.05) is 43.1 Å². The van der Waals surface area contributed by atoms with Gasteiger partial charge in [0.25, 0.3) is 11.8 Å². The normalized spacial score (nSPS) is 14.7. The molecule has 0 aliphatic carbocycles. The Bertz CT molecular complexity index is 814. The van der Waals surface area contributed by atoms with Crippen molar-refractivity contribution >= 4 is 11.8 Å². The molecular weight excluding hydrogens is 314 g/mol. The zero-order valence-corrected chi connectivity index (χ0v) is 15.3. The van der Waals surface area contributed by atoms with Crippen LogP contribution in [-0.2, 0) is 0 Å². The largest absolute Gasteiger partial charge is 0.362 e. The van der Waals surface area contributed by atoms with Gasteiger partial charge in [0.15, 0.2) is 0 Å². The molecule has 2 aromatic rings. The molecule has 1 aromatic heterocycles. The summed E-state index contributed by atoms with van der Waals surface area (Å²) < 4.78 is 0. The maximum absolute atomic E-state index is 12.7. The number of nitrogens with one attached hydrogen (secondary N) is 1. The molecule has 1 aromatic carbocycles. The van der Waals surface area contributed by atoms with Crippen molar-refractivity contribution in [3.05, 3.63) is 57.9 Å². The van der Waals surface area contributed by atoms with Gasteiger partial charge in [-0.05, 0) is 57.0 Å². The fourth-order valence-electron chi connectivity index (χ4n) is 3.29. The van der Waals surface area contributed by atoms with Crippen molar-refractivity contribution in [2.75, 3.05) is 26.2 Å². The van der Waals surface area contributed by atoms with Gasteiger partial charge in [-0.25, -0.2) is 0 Å². The molecule has 3 rings (SSSR count). The lowest BCUT2D eigenvalue weighted by Crippen LogP contribution is -2.50. The van der Waals surface area contributed by atoms with E-state index < -0.39 is 0 Å². The van der Waals surface area contributed by atoms with Crippen LogP contribution in [0.3, 0.4) is 0 Å². The van der Waals surface area contributed by atoms with Crippen molar-refractivity contribution in [2.45, 2.75) is 27.7 Å². The van der Waals surface area contributed by atoms with Crippen molar-refractivity contribution in [1.29, 1.82) is 0 Å². The zero-order chi connectivity index (χ0) is 18.1. The zero-order valence-electron chi connectivity index (χ0n) is 15.3. The Hall–Kier alpha value is -2.56. The van der Waals surface area contributed by atoms with Crippen LogP contribution in [0.4, 0.5) is 0 Å². The van der Waals surface area contributed by atoms with Gasteiger partial charge < -0.3 is 14.8 Å². The van der Waals surface area contributed by atoms with E-state index in [9.17, 15) is 9.59 Å². The SMILES string of the molecule is Cc1cc(C(=O)N2CCN(C(=O)c3ccc(C)c(C)c3)CC2)c(C)[nH]1. The number of carbonyl (C=O) groups is 2. The first kappa shape index (κ1) is 17.3. The van der Waals surface area contributed by atoms with Crippen LogP contribution in [0.25, 0.3) is 0 Å². The first-order valence-electron chi connectivity index (χ1n) is 8.69. The first-order chi connectivity index (χ1) is 11.9. The number of hydrogen-bond acceptors (Lipinski definition) is 2. The number of aromatic nitrogens is 1. The number of benzene rings is 1. The third-order valence-electron chi connectivity index (χ3n) is 4.99. The molecule has 0 radical (unpaired) electrons. The van der Waals surface area contributed by atoms with Gasteiger partial charge in [-0.15, -0.1) is 0 Å². The summed E-state index contributed by atoms with van der Waals surface area (Å²) in [6.07, 6.45) is 0. The second kappa shape index (κ2) is 6.75. The van der Waals surface area contributed by atoms with Crippen LogP contribution >= 0.6 is 0 Å². The Labute approximate surface area is 148 Å². The fraction of sp³-hybridized carbons (Fsp3) is 0.400. The molecule has 1 fully saturated rings. The highest BCUT2D eigenvalue weighted by atomic mass is 16.2. The average Bonchev–Trinajstić information content (AvgIpc) is 2.94. The number of carbonyl (C=O) groups excluding carboxylic acids is 2. The predicted octanol–water partition coefficient (Wildman–Crippen LogP) is 2.85. The predicted molar refractivity (Wildman–Crippen MR) is 98.0 cm³/mol. The highest BCUT2D eigenvalue weighted by molar-refractivity contribution is 5.97. The number of hydrogen-bond donors (Lipinski definition) is 1. The van der Waals surface area contributed by atoms with Crippen LogP contribution in [0.5, 0.6) is 0 Å². The third kappa shape index (κ3) is 3.45. The van der Waals surface area contributed by atoms with Crippen LogP contribution in [0.15, 0.2) is 24.3 Å². The number of H-pyrrole nitrogens is 1. The third-order valence-corrected chi connectivity index (χ3v) is 4.99. The number of amides is 2. The Morgan fingerprint density at radius 2 is 1.44 bits per heavy atom. The lowest BCUT2D eigenvalue weighted by molar-refractivity contribution is 0.0535. The maximum Gasteiger partial charge on any atom is 0.255 e. The van der Waals surface area contributed by atoms with E-state index in [1.807, 2.05) is 61.8 Å². The Balaban J connectivity index is 1.65. The quantitative estimate of drug-likeness (QED) is 0.915. The summed E-state index contributed by atoms with van der Waals surface area (Å²) in [5.41, 5.74) is 5.65. The first-order valence-corrected chi connectivity index (χ1v) is 8.69. The number of piperazine rings is 1. The summed E-state index contributed by atoms with van der Waals surface area (Å²) in [6.45, 7) is 10.2. The van der Waals surface area contributed by atoms with Crippen molar-refractivity contribution in [2.24, 2.45) is 0 Å². The number of nitrogens with zero attached hydrogens (tertiary/aromatic N) is 2. The van der Waals surface area contributed by atoms with Gasteiger partial charge in [-0.3, -0.25) is 9.59 Å². The molecule has 2 amide bonds. The van der Waals surface area contributed by atoms with E-state index in [-0.39, 0.29) is 11.8 Å². The van der Waals surface area contributed by atoms with Gasteiger partial charge in [0.2, 0.25) is 0 Å². The van der Waals surface area contributed by atoms with E-state index in [1.165, 1.54) is 5.56 Å². The smallest absolute Gasteiger partial charge is 0.255 e. The van der Waals surface area contributed by atoms with E-state index in [1.54, 1.807) is 0 Å². The van der Waals surface area contributed by atoms with E-state index >= 15 is 0 Å². The lowest BCUT2D eigenvalue weighted by Gasteiger charge is -2.35. The minimum absolute atomic E-state index is 0.0418. The van der Waals surface area contributed by atoms with Crippen LogP contribution in [0.2, 0.25) is 0 Å². The maximum atomic E-state index is 12.7. The van der Waals surface area contributed by atoms with Gasteiger partial charge in [-0.2, -0.15) is 0 Å². The van der Waals surface area contributed by atoms with Crippen LogP contribution in [-0.4, -0.2) is 52.8 Å². The molecule has 132 valence electrons. The molecule has 5 heteroatoms. The molecule has 1 aliphatic heterocycles. The van der Waals surface area contributed by atoms with Crippen LogP contribution in [0.1, 0.15) is 43.2 Å². The summed E-state index contributed by atoms with van der Waals surface area (Å²) in [7, 11) is 0. The molecule has 0 spiro atoms. The van der Waals surface area contributed by atoms with Gasteiger partial charge in [-0.1, -0.05) is 6.07 Å². The summed E-state index contributed by atoms with van der Waals surface area (Å²) in [6, 6.07) is 7.71. The molecular formula is C20H25N3O2. The minimum Gasteiger partial charge on any atom is -0.362 e. The Kier molecular flexibility index (Phi) is 4.66. The molecule has 0 saturated carbocycles. The topological polar surface area (TPSA) is 56.4 Å². The fourth-order valence-corrected chi connectivity index (χ4v) is 3.29. The highest BCUT2D eigenvalue weighted by Gasteiger charge is 2.26. The Morgan fingerprint density at radius 1 is 0.840 bits per heavy atom. The molecule has 2 heterocycles. The molecule has 25 heavy (non-hydrogen) atoms. The van der Waals surface area contributed by atoms with Crippen molar-refractivity contribution in [3.63, 3.8) is 0 Å². The summed E-state index contributed by atoms with van der Waals surface area (Å²) in [4.78, 5) is 32.2. The monoisotopic (exact) mass is 339 g/mol. The lowest BCUT2D eigenvalue weighted by atomic mass is 10.1. The van der Waals surface area contributed by atoms with Gasteiger partial charge in [0.05, 0.1) is 5.56 Å². The van der Waals surface area contributed by atoms with E-state index in [0.717, 1.165) is 28.1 Å². The van der Waals surface area contributed by atoms with Crippen LogP contribution < -0.4 is 0 Å². The molecule has 1 aliphatic rings. The van der Waals surface area contributed by atoms with E-state index in [2.05, 4.69) is 4.98 Å². The average molecular weight is 339 g/mol. The van der Waals surface area contributed by atoms with Crippen molar-refractivity contribution < 1.29 is 9.59 Å².